The summed E-state index contributed by atoms with van der Waals surface area (Å²) in [6.07, 6.45) is 1.68. The topological polar surface area (TPSA) is 61.0 Å². The van der Waals surface area contributed by atoms with Crippen molar-refractivity contribution in [2.75, 3.05) is 12.3 Å². The summed E-state index contributed by atoms with van der Waals surface area (Å²) >= 11 is 0. The van der Waals surface area contributed by atoms with E-state index in [4.69, 9.17) is 15.5 Å². The van der Waals surface area contributed by atoms with E-state index in [1.807, 2.05) is 13.0 Å². The predicted molar refractivity (Wildman–Crippen MR) is 79.0 cm³/mol. The summed E-state index contributed by atoms with van der Waals surface area (Å²) in [5, 5.41) is 0. The van der Waals surface area contributed by atoms with E-state index in [1.165, 1.54) is 0 Å². The van der Waals surface area contributed by atoms with Gasteiger partial charge in [-0.2, -0.15) is 0 Å². The first kappa shape index (κ1) is 15.9. The highest BCUT2D eigenvalue weighted by atomic mass is 16.5. The van der Waals surface area contributed by atoms with Gasteiger partial charge in [-0.15, -0.1) is 0 Å². The lowest BCUT2D eigenvalue weighted by atomic mass is 9.90. The molecule has 0 amide bonds. The number of nitrogens with two attached hydrogens (primary N) is 1. The first-order valence-electron chi connectivity index (χ1n) is 7.08. The van der Waals surface area contributed by atoms with Crippen LogP contribution in [0.5, 0.6) is 0 Å². The van der Waals surface area contributed by atoms with Crippen molar-refractivity contribution in [3.63, 3.8) is 0 Å². The molecule has 19 heavy (non-hydrogen) atoms. The van der Waals surface area contributed by atoms with Crippen molar-refractivity contribution >= 4 is 5.82 Å². The number of anilines is 1. The number of ether oxygens (including phenoxy) is 1. The first-order valence-corrected chi connectivity index (χ1v) is 7.08. The van der Waals surface area contributed by atoms with Gasteiger partial charge in [-0.3, -0.25) is 0 Å². The molecule has 0 fully saturated rings. The van der Waals surface area contributed by atoms with Gasteiger partial charge < -0.3 is 10.5 Å². The Morgan fingerprint density at radius 2 is 1.68 bits per heavy atom. The van der Waals surface area contributed by atoms with Gasteiger partial charge in [-0.1, -0.05) is 34.6 Å². The molecule has 0 bridgehead atoms. The molecule has 1 aromatic heterocycles. The van der Waals surface area contributed by atoms with Crippen molar-refractivity contribution in [2.45, 2.75) is 65.4 Å². The molecule has 0 saturated heterocycles. The average molecular weight is 265 g/mol. The van der Waals surface area contributed by atoms with Crippen LogP contribution >= 0.6 is 0 Å². The summed E-state index contributed by atoms with van der Waals surface area (Å²) < 4.78 is 5.96. The van der Waals surface area contributed by atoms with Crippen molar-refractivity contribution in [3.05, 3.63) is 17.6 Å². The molecule has 0 aliphatic carbocycles. The van der Waals surface area contributed by atoms with Crippen LogP contribution in [0, 0.1) is 0 Å². The summed E-state index contributed by atoms with van der Waals surface area (Å²) in [5.41, 5.74) is 6.43. The predicted octanol–water partition coefficient (Wildman–Crippen LogP) is 3.41. The minimum atomic E-state index is -0.426. The number of rotatable bonds is 5. The van der Waals surface area contributed by atoms with Crippen LogP contribution in [-0.2, 0) is 15.8 Å². The second-order valence-corrected chi connectivity index (χ2v) is 5.89. The molecule has 0 aliphatic rings. The Morgan fingerprint density at radius 1 is 1.11 bits per heavy atom. The van der Waals surface area contributed by atoms with Crippen molar-refractivity contribution in [3.8, 4) is 0 Å². The summed E-state index contributed by atoms with van der Waals surface area (Å²) in [4.78, 5) is 9.14. The highest BCUT2D eigenvalue weighted by Gasteiger charge is 2.33. The summed E-state index contributed by atoms with van der Waals surface area (Å²) in [7, 11) is 0. The fraction of sp³-hybridized carbons (Fsp3) is 0.733. The quantitative estimate of drug-likeness (QED) is 0.886. The molecule has 108 valence electrons. The second-order valence-electron chi connectivity index (χ2n) is 5.89. The van der Waals surface area contributed by atoms with Gasteiger partial charge in [0, 0.05) is 18.1 Å². The van der Waals surface area contributed by atoms with Crippen molar-refractivity contribution in [1.82, 2.24) is 9.97 Å². The molecule has 1 rings (SSSR count). The average Bonchev–Trinajstić information content (AvgIpc) is 2.34. The molecule has 0 radical (unpaired) electrons. The lowest BCUT2D eigenvalue weighted by Gasteiger charge is -2.31. The van der Waals surface area contributed by atoms with Gasteiger partial charge in [0.1, 0.15) is 11.4 Å². The molecule has 0 aliphatic heterocycles. The minimum Gasteiger partial charge on any atom is -0.384 e. The molecular weight excluding hydrogens is 238 g/mol. The zero-order valence-corrected chi connectivity index (χ0v) is 13.1. The van der Waals surface area contributed by atoms with Crippen molar-refractivity contribution in [1.29, 1.82) is 0 Å². The molecule has 1 aromatic rings. The Bertz CT molecular complexity index is 420. The fourth-order valence-electron chi connectivity index (χ4n) is 2.17. The number of hydrogen-bond donors (Lipinski definition) is 1. The summed E-state index contributed by atoms with van der Waals surface area (Å²) in [6.45, 7) is 13.2. The Kier molecular flexibility index (Phi) is 4.91. The minimum absolute atomic E-state index is 0.0503. The van der Waals surface area contributed by atoms with E-state index in [2.05, 4.69) is 39.6 Å². The van der Waals surface area contributed by atoms with E-state index in [9.17, 15) is 0 Å². The molecule has 4 nitrogen and oxygen atoms in total. The highest BCUT2D eigenvalue weighted by molar-refractivity contribution is 5.33. The Balaban J connectivity index is 3.35. The lowest BCUT2D eigenvalue weighted by molar-refractivity contribution is -0.0572. The van der Waals surface area contributed by atoms with Gasteiger partial charge in [-0.25, -0.2) is 9.97 Å². The van der Waals surface area contributed by atoms with Crippen LogP contribution in [0.1, 0.15) is 65.9 Å². The third kappa shape index (κ3) is 3.44. The Hall–Kier alpha value is -1.16. The summed E-state index contributed by atoms with van der Waals surface area (Å²) in [6, 6.07) is 1.85. The lowest BCUT2D eigenvalue weighted by Crippen LogP contribution is -2.32. The number of nitrogen functional groups attached to an aromatic ring is 1. The molecule has 0 atom stereocenters. The maximum absolute atomic E-state index is 5.96. The van der Waals surface area contributed by atoms with Gasteiger partial charge in [0.25, 0.3) is 0 Å². The van der Waals surface area contributed by atoms with Crippen LogP contribution in [0.4, 0.5) is 5.82 Å². The highest BCUT2D eigenvalue weighted by Crippen LogP contribution is 2.32. The van der Waals surface area contributed by atoms with Crippen LogP contribution in [0.15, 0.2) is 6.07 Å². The van der Waals surface area contributed by atoms with E-state index < -0.39 is 5.60 Å². The standard InChI is InChI=1S/C15H27N3O/c1-7-15(8-2,19-9-3)13-17-11(14(4,5)6)10-12(16)18-13/h10H,7-9H2,1-6H3,(H2,16,17,18). The molecule has 2 N–H and O–H groups in total. The van der Waals surface area contributed by atoms with Crippen molar-refractivity contribution < 1.29 is 4.74 Å². The van der Waals surface area contributed by atoms with Crippen LogP contribution in [-0.4, -0.2) is 16.6 Å². The Morgan fingerprint density at radius 3 is 2.11 bits per heavy atom. The van der Waals surface area contributed by atoms with E-state index in [0.29, 0.717) is 18.2 Å². The van der Waals surface area contributed by atoms with Gasteiger partial charge >= 0.3 is 0 Å². The first-order chi connectivity index (χ1) is 8.79. The number of aromatic nitrogens is 2. The molecule has 0 aromatic carbocycles. The Labute approximate surface area is 116 Å². The maximum Gasteiger partial charge on any atom is 0.162 e. The fourth-order valence-corrected chi connectivity index (χ4v) is 2.17. The largest absolute Gasteiger partial charge is 0.384 e. The number of hydrogen-bond acceptors (Lipinski definition) is 4. The van der Waals surface area contributed by atoms with Crippen LogP contribution in [0.2, 0.25) is 0 Å². The number of nitrogens with zero attached hydrogens (tertiary/aromatic N) is 2. The van der Waals surface area contributed by atoms with Gasteiger partial charge in [0.15, 0.2) is 5.82 Å². The van der Waals surface area contributed by atoms with Gasteiger partial charge in [0.05, 0.1) is 5.69 Å². The zero-order valence-electron chi connectivity index (χ0n) is 13.1. The third-order valence-electron chi connectivity index (χ3n) is 3.48. The monoisotopic (exact) mass is 265 g/mol. The normalized spacial score (nSPS) is 12.7. The smallest absolute Gasteiger partial charge is 0.162 e. The molecule has 0 unspecified atom stereocenters. The van der Waals surface area contributed by atoms with Crippen LogP contribution in [0.25, 0.3) is 0 Å². The summed E-state index contributed by atoms with van der Waals surface area (Å²) in [5.74, 6) is 1.23. The maximum atomic E-state index is 5.96. The van der Waals surface area contributed by atoms with E-state index >= 15 is 0 Å². The third-order valence-corrected chi connectivity index (χ3v) is 3.48. The van der Waals surface area contributed by atoms with Crippen LogP contribution < -0.4 is 5.73 Å². The van der Waals surface area contributed by atoms with E-state index in [-0.39, 0.29) is 5.41 Å². The molecule has 1 heterocycles. The molecular formula is C15H27N3O. The van der Waals surface area contributed by atoms with Crippen molar-refractivity contribution in [2.24, 2.45) is 0 Å². The van der Waals surface area contributed by atoms with Crippen LogP contribution in [0.3, 0.4) is 0 Å². The van der Waals surface area contributed by atoms with Gasteiger partial charge in [-0.05, 0) is 19.8 Å². The molecule has 0 saturated carbocycles. The SMILES string of the molecule is CCOC(CC)(CC)c1nc(N)cc(C(C)(C)C)n1. The second kappa shape index (κ2) is 5.87. The van der Waals surface area contributed by atoms with Gasteiger partial charge in [0.2, 0.25) is 0 Å². The molecule has 0 spiro atoms. The molecule has 4 heteroatoms. The zero-order chi connectivity index (χ0) is 14.7. The van der Waals surface area contributed by atoms with E-state index in [0.717, 1.165) is 18.5 Å². The van der Waals surface area contributed by atoms with E-state index in [1.54, 1.807) is 0 Å².